The van der Waals surface area contributed by atoms with Crippen LogP contribution in [0.4, 0.5) is 5.69 Å². The number of fused-ring (bicyclic) bond motifs is 1. The molecule has 62 valence electrons. The van der Waals surface area contributed by atoms with E-state index in [1.165, 1.54) is 6.07 Å². The summed E-state index contributed by atoms with van der Waals surface area (Å²) in [6.07, 6.45) is 0. The van der Waals surface area contributed by atoms with Crippen molar-refractivity contribution in [2.75, 3.05) is 5.73 Å². The molecular weight excluding hydrogens is 157 g/mol. The highest BCUT2D eigenvalue weighted by molar-refractivity contribution is 6.63. The lowest BCUT2D eigenvalue weighted by atomic mass is 9.78. The summed E-state index contributed by atoms with van der Waals surface area (Å²) in [5.74, 6) is -0.0155. The molecule has 12 heavy (non-hydrogen) atoms. The molecule has 1 aromatic carbocycles. The van der Waals surface area contributed by atoms with Crippen molar-refractivity contribution in [3.05, 3.63) is 17.7 Å². The minimum absolute atomic E-state index is 0.0155. The monoisotopic (exact) mass is 165 g/mol. The zero-order valence-electron chi connectivity index (χ0n) is 6.32. The highest BCUT2D eigenvalue weighted by Crippen LogP contribution is 2.22. The van der Waals surface area contributed by atoms with E-state index < -0.39 is 7.12 Å². The van der Waals surface area contributed by atoms with E-state index in [-0.39, 0.29) is 11.4 Å². The maximum absolute atomic E-state index is 9.27. The molecule has 0 aromatic heterocycles. The number of phenolic OH excluding ortho intramolecular Hbond substituents is 1. The summed E-state index contributed by atoms with van der Waals surface area (Å²) < 4.78 is 4.92. The summed E-state index contributed by atoms with van der Waals surface area (Å²) in [6, 6.07) is 3.19. The van der Waals surface area contributed by atoms with Gasteiger partial charge in [-0.15, -0.1) is 0 Å². The average molecular weight is 165 g/mol. The van der Waals surface area contributed by atoms with Gasteiger partial charge < -0.3 is 20.5 Å². The van der Waals surface area contributed by atoms with Crippen LogP contribution < -0.4 is 11.2 Å². The SMILES string of the molecule is Nc1c(O)ccc2c1B(O)OC2. The van der Waals surface area contributed by atoms with Gasteiger partial charge >= 0.3 is 7.12 Å². The predicted octanol–water partition coefficient (Wildman–Crippen LogP) is -0.808. The van der Waals surface area contributed by atoms with E-state index in [0.29, 0.717) is 12.1 Å². The Balaban J connectivity index is 2.63. The van der Waals surface area contributed by atoms with E-state index in [4.69, 9.17) is 10.4 Å². The fourth-order valence-corrected chi connectivity index (χ4v) is 1.34. The molecule has 0 saturated carbocycles. The lowest BCUT2D eigenvalue weighted by molar-refractivity contribution is 0.275. The quantitative estimate of drug-likeness (QED) is 0.267. The van der Waals surface area contributed by atoms with Crippen molar-refractivity contribution in [2.45, 2.75) is 6.61 Å². The number of benzene rings is 1. The second-order valence-electron chi connectivity index (χ2n) is 2.73. The molecule has 0 atom stereocenters. The Morgan fingerprint density at radius 3 is 3.00 bits per heavy atom. The summed E-state index contributed by atoms with van der Waals surface area (Å²) >= 11 is 0. The van der Waals surface area contributed by atoms with Gasteiger partial charge in [0.2, 0.25) is 0 Å². The molecule has 1 aliphatic rings. The number of hydrogen-bond donors (Lipinski definition) is 3. The number of rotatable bonds is 0. The van der Waals surface area contributed by atoms with Crippen molar-refractivity contribution < 1.29 is 14.8 Å². The molecule has 1 aliphatic heterocycles. The number of phenols is 1. The Hall–Kier alpha value is -1.20. The summed E-state index contributed by atoms with van der Waals surface area (Å²) in [6.45, 7) is 0.348. The van der Waals surface area contributed by atoms with E-state index in [2.05, 4.69) is 0 Å². The molecule has 0 radical (unpaired) electrons. The molecule has 2 rings (SSSR count). The van der Waals surface area contributed by atoms with E-state index in [0.717, 1.165) is 5.56 Å². The number of aromatic hydroxyl groups is 1. The topological polar surface area (TPSA) is 75.7 Å². The van der Waals surface area contributed by atoms with Gasteiger partial charge in [0.1, 0.15) is 5.75 Å². The standard InChI is InChI=1S/C7H8BNO3/c9-7-5(10)2-1-4-3-12-8(11)6(4)7/h1-2,10-11H,3,9H2. The third-order valence-electron chi connectivity index (χ3n) is 2.00. The van der Waals surface area contributed by atoms with Crippen molar-refractivity contribution in [2.24, 2.45) is 0 Å². The number of hydrogen-bond acceptors (Lipinski definition) is 4. The van der Waals surface area contributed by atoms with Crippen molar-refractivity contribution in [3.8, 4) is 5.75 Å². The first kappa shape index (κ1) is 7.45. The Morgan fingerprint density at radius 2 is 2.25 bits per heavy atom. The first-order valence-corrected chi connectivity index (χ1v) is 3.60. The van der Waals surface area contributed by atoms with Crippen LogP contribution in [0.3, 0.4) is 0 Å². The van der Waals surface area contributed by atoms with E-state index in [1.807, 2.05) is 0 Å². The van der Waals surface area contributed by atoms with Crippen LogP contribution in [-0.2, 0) is 11.3 Å². The molecule has 0 aliphatic carbocycles. The maximum Gasteiger partial charge on any atom is 0.494 e. The highest BCUT2D eigenvalue weighted by atomic mass is 16.5. The molecule has 1 aromatic rings. The van der Waals surface area contributed by atoms with Gasteiger partial charge in [-0.3, -0.25) is 0 Å². The van der Waals surface area contributed by atoms with Crippen molar-refractivity contribution in [1.82, 2.24) is 0 Å². The van der Waals surface area contributed by atoms with Crippen molar-refractivity contribution in [3.63, 3.8) is 0 Å². The van der Waals surface area contributed by atoms with Crippen LogP contribution in [0.15, 0.2) is 12.1 Å². The van der Waals surface area contributed by atoms with Gasteiger partial charge in [-0.25, -0.2) is 0 Å². The second-order valence-corrected chi connectivity index (χ2v) is 2.73. The molecule has 4 N–H and O–H groups in total. The minimum Gasteiger partial charge on any atom is -0.506 e. The van der Waals surface area contributed by atoms with Crippen molar-refractivity contribution >= 4 is 18.3 Å². The number of nitrogens with two attached hydrogens (primary N) is 1. The summed E-state index contributed by atoms with van der Waals surface area (Å²) in [5, 5.41) is 18.5. The van der Waals surface area contributed by atoms with Crippen LogP contribution in [0.5, 0.6) is 5.75 Å². The molecule has 1 heterocycles. The van der Waals surface area contributed by atoms with Crippen LogP contribution in [0.1, 0.15) is 5.56 Å². The number of nitrogen functional groups attached to an aromatic ring is 1. The molecule has 0 saturated heterocycles. The van der Waals surface area contributed by atoms with Gasteiger partial charge in [-0.1, -0.05) is 6.07 Å². The van der Waals surface area contributed by atoms with Gasteiger partial charge in [0, 0.05) is 5.46 Å². The van der Waals surface area contributed by atoms with Crippen LogP contribution in [-0.4, -0.2) is 17.2 Å². The van der Waals surface area contributed by atoms with Gasteiger partial charge in [0.25, 0.3) is 0 Å². The zero-order chi connectivity index (χ0) is 8.72. The molecule has 5 heteroatoms. The number of anilines is 1. The third-order valence-corrected chi connectivity index (χ3v) is 2.00. The van der Waals surface area contributed by atoms with Crippen LogP contribution in [0.25, 0.3) is 0 Å². The fourth-order valence-electron chi connectivity index (χ4n) is 1.34. The third kappa shape index (κ3) is 0.872. The minimum atomic E-state index is -0.993. The lowest BCUT2D eigenvalue weighted by Crippen LogP contribution is -2.30. The molecule has 0 bridgehead atoms. The van der Waals surface area contributed by atoms with E-state index in [9.17, 15) is 10.1 Å². The van der Waals surface area contributed by atoms with Crippen molar-refractivity contribution in [1.29, 1.82) is 0 Å². The Bertz CT molecular complexity index is 329. The largest absolute Gasteiger partial charge is 0.506 e. The average Bonchev–Trinajstić information content (AvgIpc) is 2.41. The normalized spacial score (nSPS) is 14.9. The molecule has 0 fully saturated rings. The molecule has 0 unspecified atom stereocenters. The van der Waals surface area contributed by atoms with Crippen LogP contribution in [0.2, 0.25) is 0 Å². The molecule has 0 amide bonds. The van der Waals surface area contributed by atoms with E-state index in [1.54, 1.807) is 6.07 Å². The second kappa shape index (κ2) is 2.40. The molecular formula is C7H8BNO3. The van der Waals surface area contributed by atoms with Gasteiger partial charge in [0.05, 0.1) is 12.3 Å². The summed E-state index contributed by atoms with van der Waals surface area (Å²) in [5.41, 5.74) is 7.07. The Labute approximate surface area is 69.7 Å². The summed E-state index contributed by atoms with van der Waals surface area (Å²) in [4.78, 5) is 0. The fraction of sp³-hybridized carbons (Fsp3) is 0.143. The van der Waals surface area contributed by atoms with Crippen LogP contribution in [0, 0.1) is 0 Å². The van der Waals surface area contributed by atoms with Gasteiger partial charge in [0.15, 0.2) is 0 Å². The van der Waals surface area contributed by atoms with E-state index >= 15 is 0 Å². The predicted molar refractivity (Wildman–Crippen MR) is 44.9 cm³/mol. The maximum atomic E-state index is 9.27. The Morgan fingerprint density at radius 1 is 1.50 bits per heavy atom. The van der Waals surface area contributed by atoms with Gasteiger partial charge in [-0.05, 0) is 11.6 Å². The highest BCUT2D eigenvalue weighted by Gasteiger charge is 2.30. The smallest absolute Gasteiger partial charge is 0.494 e. The summed E-state index contributed by atoms with van der Waals surface area (Å²) in [7, 11) is -0.993. The first-order chi connectivity index (χ1) is 5.70. The van der Waals surface area contributed by atoms with Gasteiger partial charge in [-0.2, -0.15) is 0 Å². The molecule has 0 spiro atoms. The Kier molecular flexibility index (Phi) is 1.49. The van der Waals surface area contributed by atoms with Crippen LogP contribution >= 0.6 is 0 Å². The first-order valence-electron chi connectivity index (χ1n) is 3.60. The zero-order valence-corrected chi connectivity index (χ0v) is 6.32. The lowest BCUT2D eigenvalue weighted by Gasteiger charge is -2.04. The molecule has 4 nitrogen and oxygen atoms in total.